The summed E-state index contributed by atoms with van der Waals surface area (Å²) in [6.07, 6.45) is 0. The van der Waals surface area contributed by atoms with Crippen LogP contribution in [0.1, 0.15) is 20.7 Å². The maximum absolute atomic E-state index is 12.5. The van der Waals surface area contributed by atoms with Gasteiger partial charge in [-0.2, -0.15) is 0 Å². The summed E-state index contributed by atoms with van der Waals surface area (Å²) in [5.74, 6) is -0.759. The van der Waals surface area contributed by atoms with Gasteiger partial charge in [0.25, 0.3) is 11.8 Å². The summed E-state index contributed by atoms with van der Waals surface area (Å²) in [5.41, 5.74) is 13.2. The molecule has 0 fully saturated rings. The highest BCUT2D eigenvalue weighted by Crippen LogP contribution is 2.35. The number of amides is 2. The zero-order valence-corrected chi connectivity index (χ0v) is 11.2. The Kier molecular flexibility index (Phi) is 2.30. The molecule has 3 aromatic rings. The topological polar surface area (TPSA) is 115 Å². The number of carbonyl (C=O) groups excluding carboxylic acids is 2. The second-order valence-corrected chi connectivity index (χ2v) is 4.97. The van der Waals surface area contributed by atoms with Gasteiger partial charge in [0, 0.05) is 6.07 Å². The molecule has 1 aliphatic heterocycles. The van der Waals surface area contributed by atoms with Crippen LogP contribution in [0.25, 0.3) is 11.0 Å². The Bertz CT molecular complexity index is 926. The Morgan fingerprint density at radius 1 is 0.955 bits per heavy atom. The van der Waals surface area contributed by atoms with Gasteiger partial charge in [0.1, 0.15) is 0 Å². The molecule has 4 rings (SSSR count). The van der Waals surface area contributed by atoms with Crippen LogP contribution >= 0.6 is 0 Å². The predicted octanol–water partition coefficient (Wildman–Crippen LogP) is 1.79. The minimum atomic E-state index is -0.439. The van der Waals surface area contributed by atoms with Crippen molar-refractivity contribution in [3.05, 3.63) is 47.5 Å². The lowest BCUT2D eigenvalue weighted by Crippen LogP contribution is -2.29. The molecule has 0 unspecified atom stereocenters. The van der Waals surface area contributed by atoms with E-state index in [-0.39, 0.29) is 5.82 Å². The molecule has 0 atom stereocenters. The molecule has 4 N–H and O–H groups in total. The van der Waals surface area contributed by atoms with Crippen LogP contribution in [0.2, 0.25) is 0 Å². The quantitative estimate of drug-likeness (QED) is 0.522. The van der Waals surface area contributed by atoms with E-state index in [0.717, 1.165) is 4.90 Å². The summed E-state index contributed by atoms with van der Waals surface area (Å²) in [6, 6.07) is 9.66. The largest absolute Gasteiger partial charge is 0.397 e. The normalized spacial score (nSPS) is 13.9. The number of carbonyl (C=O) groups is 2. The van der Waals surface area contributed by atoms with Crippen LogP contribution in [0.5, 0.6) is 0 Å². The lowest BCUT2D eigenvalue weighted by atomic mass is 10.1. The number of nitrogen functional groups attached to an aromatic ring is 2. The van der Waals surface area contributed by atoms with Gasteiger partial charge >= 0.3 is 0 Å². The van der Waals surface area contributed by atoms with E-state index >= 15 is 0 Å². The first-order valence-electron chi connectivity index (χ1n) is 6.50. The third kappa shape index (κ3) is 1.47. The second-order valence-electron chi connectivity index (χ2n) is 4.97. The smallest absolute Gasteiger partial charge is 0.267 e. The van der Waals surface area contributed by atoms with Gasteiger partial charge < -0.3 is 16.0 Å². The first kappa shape index (κ1) is 12.4. The molecule has 1 aromatic heterocycles. The van der Waals surface area contributed by atoms with E-state index in [1.54, 1.807) is 30.3 Å². The molecule has 0 bridgehead atoms. The summed E-state index contributed by atoms with van der Waals surface area (Å²) in [6.45, 7) is 0. The van der Waals surface area contributed by atoms with Crippen LogP contribution in [-0.2, 0) is 0 Å². The Labute approximate surface area is 124 Å². The molecule has 0 saturated carbocycles. The van der Waals surface area contributed by atoms with E-state index in [2.05, 4.69) is 5.16 Å². The van der Waals surface area contributed by atoms with Gasteiger partial charge in [-0.25, -0.2) is 4.90 Å². The van der Waals surface area contributed by atoms with Crippen molar-refractivity contribution in [3.8, 4) is 0 Å². The Morgan fingerprint density at radius 2 is 1.55 bits per heavy atom. The average molecular weight is 294 g/mol. The fourth-order valence-corrected chi connectivity index (χ4v) is 2.55. The molecule has 7 heteroatoms. The van der Waals surface area contributed by atoms with E-state index in [0.29, 0.717) is 33.5 Å². The molecular formula is C15H10N4O3. The van der Waals surface area contributed by atoms with Gasteiger partial charge in [0.05, 0.1) is 27.9 Å². The molecule has 1 aliphatic rings. The lowest BCUT2D eigenvalue weighted by Gasteiger charge is -2.10. The summed E-state index contributed by atoms with van der Waals surface area (Å²) in [5, 5.41) is 4.30. The first-order chi connectivity index (χ1) is 10.6. The van der Waals surface area contributed by atoms with Gasteiger partial charge in [-0.3, -0.25) is 9.59 Å². The number of imide groups is 1. The van der Waals surface area contributed by atoms with E-state index in [1.165, 1.54) is 6.07 Å². The third-order valence-electron chi connectivity index (χ3n) is 3.66. The highest BCUT2D eigenvalue weighted by molar-refractivity contribution is 6.35. The fourth-order valence-electron chi connectivity index (χ4n) is 2.55. The minimum absolute atomic E-state index is 0.118. The molecule has 2 heterocycles. The number of nitrogens with two attached hydrogens (primary N) is 2. The number of hydrogen-bond acceptors (Lipinski definition) is 6. The van der Waals surface area contributed by atoms with Crippen LogP contribution in [0.3, 0.4) is 0 Å². The number of rotatable bonds is 1. The number of benzene rings is 2. The Hall–Kier alpha value is -3.35. The van der Waals surface area contributed by atoms with E-state index < -0.39 is 11.8 Å². The number of anilines is 3. The van der Waals surface area contributed by atoms with E-state index in [1.807, 2.05) is 0 Å². The molecule has 7 nitrogen and oxygen atoms in total. The van der Waals surface area contributed by atoms with Crippen LogP contribution < -0.4 is 16.4 Å². The van der Waals surface area contributed by atoms with Crippen molar-refractivity contribution < 1.29 is 14.1 Å². The summed E-state index contributed by atoms with van der Waals surface area (Å²) in [7, 11) is 0. The van der Waals surface area contributed by atoms with Gasteiger partial charge in [0.2, 0.25) is 0 Å². The number of aromatic nitrogens is 1. The number of nitrogens with zero attached hydrogens (tertiary/aromatic N) is 2. The molecule has 2 aromatic carbocycles. The number of hydrogen-bond donors (Lipinski definition) is 2. The van der Waals surface area contributed by atoms with E-state index in [4.69, 9.17) is 16.0 Å². The van der Waals surface area contributed by atoms with Crippen LogP contribution in [0.15, 0.2) is 40.9 Å². The third-order valence-corrected chi connectivity index (χ3v) is 3.66. The van der Waals surface area contributed by atoms with Gasteiger partial charge in [-0.1, -0.05) is 17.3 Å². The average Bonchev–Trinajstić information content (AvgIpc) is 3.00. The second kappa shape index (κ2) is 4.08. The predicted molar refractivity (Wildman–Crippen MR) is 80.4 cm³/mol. The summed E-state index contributed by atoms with van der Waals surface area (Å²) < 4.78 is 5.16. The van der Waals surface area contributed by atoms with Crippen LogP contribution in [-0.4, -0.2) is 17.0 Å². The van der Waals surface area contributed by atoms with Crippen molar-refractivity contribution in [2.45, 2.75) is 0 Å². The first-order valence-corrected chi connectivity index (χ1v) is 6.50. The van der Waals surface area contributed by atoms with Crippen LogP contribution in [0, 0.1) is 0 Å². The maximum Gasteiger partial charge on any atom is 0.267 e. The fraction of sp³-hybridized carbons (Fsp3) is 0. The molecular weight excluding hydrogens is 284 g/mol. The molecule has 0 radical (unpaired) electrons. The highest BCUT2D eigenvalue weighted by atomic mass is 16.5. The van der Waals surface area contributed by atoms with Gasteiger partial charge in [-0.15, -0.1) is 0 Å². The standard InChI is InChI=1S/C15H10N4O3/c16-10-5-9-12(6-11(10)17)22-18-13(9)19-14(20)7-3-1-2-4-8(7)15(19)21/h1-6H,16-17H2. The summed E-state index contributed by atoms with van der Waals surface area (Å²) in [4.78, 5) is 25.9. The monoisotopic (exact) mass is 294 g/mol. The minimum Gasteiger partial charge on any atom is -0.397 e. The van der Waals surface area contributed by atoms with Gasteiger partial charge in [0.15, 0.2) is 11.4 Å². The van der Waals surface area contributed by atoms with Crippen molar-refractivity contribution in [2.75, 3.05) is 16.4 Å². The van der Waals surface area contributed by atoms with E-state index in [9.17, 15) is 9.59 Å². The zero-order valence-electron chi connectivity index (χ0n) is 11.2. The molecule has 0 spiro atoms. The molecule has 0 saturated heterocycles. The highest BCUT2D eigenvalue weighted by Gasteiger charge is 2.39. The molecule has 22 heavy (non-hydrogen) atoms. The van der Waals surface area contributed by atoms with Crippen LogP contribution in [0.4, 0.5) is 17.2 Å². The molecule has 2 amide bonds. The van der Waals surface area contributed by atoms with Gasteiger partial charge in [-0.05, 0) is 18.2 Å². The van der Waals surface area contributed by atoms with Crippen molar-refractivity contribution in [1.82, 2.24) is 5.16 Å². The molecule has 108 valence electrons. The summed E-state index contributed by atoms with van der Waals surface area (Å²) >= 11 is 0. The maximum atomic E-state index is 12.5. The molecule has 0 aliphatic carbocycles. The zero-order chi connectivity index (χ0) is 15.4. The van der Waals surface area contributed by atoms with Crippen molar-refractivity contribution in [2.24, 2.45) is 0 Å². The van der Waals surface area contributed by atoms with Crippen molar-refractivity contribution >= 4 is 40.0 Å². The SMILES string of the molecule is Nc1cc2onc(N3C(=O)c4ccccc4C3=O)c2cc1N. The van der Waals surface area contributed by atoms with Crippen molar-refractivity contribution in [3.63, 3.8) is 0 Å². The Morgan fingerprint density at radius 3 is 2.18 bits per heavy atom. The van der Waals surface area contributed by atoms with Crippen molar-refractivity contribution in [1.29, 1.82) is 0 Å². The lowest BCUT2D eigenvalue weighted by molar-refractivity contribution is 0.0924. The Balaban J connectivity index is 1.92. The number of fused-ring (bicyclic) bond motifs is 2.